The number of benzene rings is 1. The molecule has 1 heterocycles. The average Bonchev–Trinajstić information content (AvgIpc) is 2.42. The van der Waals surface area contributed by atoms with Crippen LogP contribution in [-0.2, 0) is 6.42 Å². The summed E-state index contributed by atoms with van der Waals surface area (Å²) in [4.78, 5) is 0. The number of methoxy groups -OCH3 is 1. The smallest absolute Gasteiger partial charge is 0.163 e. The van der Waals surface area contributed by atoms with Crippen LogP contribution >= 0.6 is 0 Å². The summed E-state index contributed by atoms with van der Waals surface area (Å²) in [6.45, 7) is 5.94. The summed E-state index contributed by atoms with van der Waals surface area (Å²) >= 11 is 0. The van der Waals surface area contributed by atoms with Crippen molar-refractivity contribution < 1.29 is 13.9 Å². The molecule has 1 aliphatic rings. The van der Waals surface area contributed by atoms with E-state index in [2.05, 4.69) is 5.32 Å². The summed E-state index contributed by atoms with van der Waals surface area (Å²) in [6.07, 6.45) is 3.10. The van der Waals surface area contributed by atoms with E-state index in [4.69, 9.17) is 9.47 Å². The van der Waals surface area contributed by atoms with Gasteiger partial charge in [0.25, 0.3) is 0 Å². The van der Waals surface area contributed by atoms with E-state index in [-0.39, 0.29) is 11.9 Å². The number of hydrogen-bond donors (Lipinski definition) is 1. The molecule has 3 nitrogen and oxygen atoms in total. The highest BCUT2D eigenvalue weighted by atomic mass is 19.1. The first-order valence-electron chi connectivity index (χ1n) is 7.34. The van der Waals surface area contributed by atoms with Crippen LogP contribution in [-0.4, -0.2) is 26.3 Å². The molecule has 1 fully saturated rings. The van der Waals surface area contributed by atoms with E-state index in [0.29, 0.717) is 17.4 Å². The van der Waals surface area contributed by atoms with Gasteiger partial charge in [-0.05, 0) is 63.7 Å². The van der Waals surface area contributed by atoms with Gasteiger partial charge < -0.3 is 14.8 Å². The average molecular weight is 281 g/mol. The molecule has 1 aromatic carbocycles. The molecule has 1 N–H and O–H groups in total. The molecule has 112 valence electrons. The standard InChI is InChI=1S/C16H24FNO2/c1-11(2)20-16-8-13(14(17)9-15(16)19-3)7-12-5-4-6-18-10-12/h8-9,11-12,18H,4-7,10H2,1-3H3. The Bertz CT molecular complexity index is 442. The van der Waals surface area contributed by atoms with E-state index in [1.54, 1.807) is 6.07 Å². The van der Waals surface area contributed by atoms with Crippen molar-refractivity contribution in [2.45, 2.75) is 39.2 Å². The van der Waals surface area contributed by atoms with Crippen LogP contribution in [0.15, 0.2) is 12.1 Å². The highest BCUT2D eigenvalue weighted by molar-refractivity contribution is 5.44. The summed E-state index contributed by atoms with van der Waals surface area (Å²) in [5.74, 6) is 1.38. The molecule has 1 aliphatic heterocycles. The second kappa shape index (κ2) is 6.93. The van der Waals surface area contributed by atoms with Crippen LogP contribution < -0.4 is 14.8 Å². The molecule has 2 rings (SSSR count). The lowest BCUT2D eigenvalue weighted by Crippen LogP contribution is -2.31. The molecule has 1 saturated heterocycles. The summed E-state index contributed by atoms with van der Waals surface area (Å²) in [5.41, 5.74) is 0.718. The molecule has 1 aromatic rings. The Morgan fingerprint density at radius 3 is 2.75 bits per heavy atom. The third-order valence-corrected chi connectivity index (χ3v) is 3.60. The molecule has 20 heavy (non-hydrogen) atoms. The highest BCUT2D eigenvalue weighted by Gasteiger charge is 2.18. The first-order chi connectivity index (χ1) is 9.60. The van der Waals surface area contributed by atoms with Crippen LogP contribution in [0.25, 0.3) is 0 Å². The fraction of sp³-hybridized carbons (Fsp3) is 0.625. The van der Waals surface area contributed by atoms with Gasteiger partial charge in [0.1, 0.15) is 5.82 Å². The van der Waals surface area contributed by atoms with Crippen molar-refractivity contribution in [1.29, 1.82) is 0 Å². The van der Waals surface area contributed by atoms with Crippen molar-refractivity contribution in [2.24, 2.45) is 5.92 Å². The van der Waals surface area contributed by atoms with Crippen LogP contribution in [0.3, 0.4) is 0 Å². The summed E-state index contributed by atoms with van der Waals surface area (Å²) in [5, 5.41) is 3.37. The minimum Gasteiger partial charge on any atom is -0.493 e. The van der Waals surface area contributed by atoms with Crippen LogP contribution in [0.1, 0.15) is 32.3 Å². The van der Waals surface area contributed by atoms with Crippen LogP contribution in [0, 0.1) is 11.7 Å². The van der Waals surface area contributed by atoms with E-state index < -0.39 is 0 Å². The molecule has 0 radical (unpaired) electrons. The Balaban J connectivity index is 2.18. The van der Waals surface area contributed by atoms with Gasteiger partial charge in [0.05, 0.1) is 13.2 Å². The number of nitrogens with one attached hydrogen (secondary N) is 1. The molecule has 0 bridgehead atoms. The number of piperidine rings is 1. The largest absolute Gasteiger partial charge is 0.493 e. The third-order valence-electron chi connectivity index (χ3n) is 3.60. The second-order valence-corrected chi connectivity index (χ2v) is 5.68. The van der Waals surface area contributed by atoms with Gasteiger partial charge in [0.15, 0.2) is 11.5 Å². The Morgan fingerprint density at radius 1 is 1.35 bits per heavy atom. The minimum absolute atomic E-state index is 0.0403. The lowest BCUT2D eigenvalue weighted by Gasteiger charge is -2.23. The SMILES string of the molecule is COc1cc(F)c(CC2CCCNC2)cc1OC(C)C. The predicted molar refractivity (Wildman–Crippen MR) is 78.0 cm³/mol. The number of rotatable bonds is 5. The lowest BCUT2D eigenvalue weighted by molar-refractivity contribution is 0.229. The Kier molecular flexibility index (Phi) is 5.24. The number of ether oxygens (including phenoxy) is 2. The molecule has 0 amide bonds. The topological polar surface area (TPSA) is 30.5 Å². The summed E-state index contributed by atoms with van der Waals surface area (Å²) in [7, 11) is 1.53. The van der Waals surface area contributed by atoms with E-state index in [1.165, 1.54) is 13.2 Å². The molecular weight excluding hydrogens is 257 g/mol. The Morgan fingerprint density at radius 2 is 2.15 bits per heavy atom. The van der Waals surface area contributed by atoms with Crippen molar-refractivity contribution in [1.82, 2.24) is 5.32 Å². The Hall–Kier alpha value is -1.29. The zero-order chi connectivity index (χ0) is 14.5. The van der Waals surface area contributed by atoms with E-state index in [9.17, 15) is 4.39 Å². The lowest BCUT2D eigenvalue weighted by atomic mass is 9.92. The molecule has 1 unspecified atom stereocenters. The molecule has 0 aliphatic carbocycles. The van der Waals surface area contributed by atoms with Gasteiger partial charge in [-0.25, -0.2) is 4.39 Å². The van der Waals surface area contributed by atoms with Gasteiger partial charge in [0, 0.05) is 6.07 Å². The highest BCUT2D eigenvalue weighted by Crippen LogP contribution is 2.32. The van der Waals surface area contributed by atoms with Crippen LogP contribution in [0.5, 0.6) is 11.5 Å². The number of halogens is 1. The van der Waals surface area contributed by atoms with E-state index in [1.807, 2.05) is 13.8 Å². The van der Waals surface area contributed by atoms with Gasteiger partial charge in [-0.2, -0.15) is 0 Å². The molecule has 0 spiro atoms. The fourth-order valence-electron chi connectivity index (χ4n) is 2.65. The van der Waals surface area contributed by atoms with Crippen molar-refractivity contribution >= 4 is 0 Å². The van der Waals surface area contributed by atoms with Crippen LogP contribution in [0.2, 0.25) is 0 Å². The molecule has 1 atom stereocenters. The maximum atomic E-state index is 14.2. The van der Waals surface area contributed by atoms with Crippen molar-refractivity contribution in [3.63, 3.8) is 0 Å². The predicted octanol–water partition coefficient (Wildman–Crippen LogP) is 3.16. The van der Waals surface area contributed by atoms with Crippen molar-refractivity contribution in [2.75, 3.05) is 20.2 Å². The molecule has 0 aromatic heterocycles. The Labute approximate surface area is 120 Å². The quantitative estimate of drug-likeness (QED) is 0.899. The van der Waals surface area contributed by atoms with Gasteiger partial charge in [0.2, 0.25) is 0 Å². The van der Waals surface area contributed by atoms with Crippen molar-refractivity contribution in [3.8, 4) is 11.5 Å². The fourth-order valence-corrected chi connectivity index (χ4v) is 2.65. The first kappa shape index (κ1) is 15.1. The first-order valence-corrected chi connectivity index (χ1v) is 7.34. The van der Waals surface area contributed by atoms with Crippen molar-refractivity contribution in [3.05, 3.63) is 23.5 Å². The van der Waals surface area contributed by atoms with Gasteiger partial charge in [-0.3, -0.25) is 0 Å². The number of hydrogen-bond acceptors (Lipinski definition) is 3. The van der Waals surface area contributed by atoms with Crippen LogP contribution in [0.4, 0.5) is 4.39 Å². The zero-order valence-electron chi connectivity index (χ0n) is 12.5. The third kappa shape index (κ3) is 3.85. The van der Waals surface area contributed by atoms with E-state index in [0.717, 1.165) is 37.9 Å². The zero-order valence-corrected chi connectivity index (χ0v) is 12.5. The van der Waals surface area contributed by atoms with Gasteiger partial charge in [-0.1, -0.05) is 0 Å². The summed E-state index contributed by atoms with van der Waals surface area (Å²) in [6, 6.07) is 3.23. The molecular formula is C16H24FNO2. The maximum absolute atomic E-state index is 14.2. The minimum atomic E-state index is -0.205. The second-order valence-electron chi connectivity index (χ2n) is 5.68. The van der Waals surface area contributed by atoms with E-state index >= 15 is 0 Å². The molecule has 0 saturated carbocycles. The molecule has 4 heteroatoms. The monoisotopic (exact) mass is 281 g/mol. The maximum Gasteiger partial charge on any atom is 0.163 e. The normalized spacial score (nSPS) is 19.1. The van der Waals surface area contributed by atoms with Gasteiger partial charge in [-0.15, -0.1) is 0 Å². The van der Waals surface area contributed by atoms with Gasteiger partial charge >= 0.3 is 0 Å². The summed E-state index contributed by atoms with van der Waals surface area (Å²) < 4.78 is 25.1.